The highest BCUT2D eigenvalue weighted by Crippen LogP contribution is 2.56. The number of imide groups is 1. The first-order valence-electron chi connectivity index (χ1n) is 7.12. The van der Waals surface area contributed by atoms with Crippen molar-refractivity contribution in [3.63, 3.8) is 0 Å². The molecule has 3 fully saturated rings. The third-order valence-electron chi connectivity index (χ3n) is 5.28. The predicted molar refractivity (Wildman–Crippen MR) is 71.5 cm³/mol. The van der Waals surface area contributed by atoms with E-state index in [1.54, 1.807) is 0 Å². The molecule has 1 heterocycles. The number of fused-ring (bicyclic) bond motifs is 5. The van der Waals surface area contributed by atoms with Crippen LogP contribution < -0.4 is 4.90 Å². The quantitative estimate of drug-likeness (QED) is 0.723. The van der Waals surface area contributed by atoms with Crippen LogP contribution >= 0.6 is 0 Å². The summed E-state index contributed by atoms with van der Waals surface area (Å²) in [6.07, 6.45) is 3.35. The molecule has 2 aliphatic carbocycles. The Morgan fingerprint density at radius 2 is 1.58 bits per heavy atom. The van der Waals surface area contributed by atoms with Crippen LogP contribution in [0.3, 0.4) is 0 Å². The number of hydrogen-bond acceptors (Lipinski definition) is 2. The minimum absolute atomic E-state index is 0.0224. The van der Waals surface area contributed by atoms with Crippen LogP contribution in [0.4, 0.5) is 5.69 Å². The molecule has 1 saturated heterocycles. The molecule has 0 radical (unpaired) electrons. The minimum atomic E-state index is -0.0224. The van der Waals surface area contributed by atoms with Gasteiger partial charge in [0.25, 0.3) is 0 Å². The lowest BCUT2D eigenvalue weighted by molar-refractivity contribution is -0.123. The van der Waals surface area contributed by atoms with E-state index in [1.165, 1.54) is 4.90 Å². The lowest BCUT2D eigenvalue weighted by atomic mass is 9.81. The van der Waals surface area contributed by atoms with E-state index in [-0.39, 0.29) is 23.7 Å². The summed E-state index contributed by atoms with van der Waals surface area (Å²) >= 11 is 0. The van der Waals surface area contributed by atoms with Gasteiger partial charge >= 0.3 is 0 Å². The van der Waals surface area contributed by atoms with Crippen molar-refractivity contribution in [2.45, 2.75) is 26.2 Å². The monoisotopic (exact) mass is 255 g/mol. The van der Waals surface area contributed by atoms with Gasteiger partial charge in [-0.15, -0.1) is 0 Å². The van der Waals surface area contributed by atoms with Crippen LogP contribution in [0.5, 0.6) is 0 Å². The van der Waals surface area contributed by atoms with Crippen LogP contribution in [0, 0.1) is 30.6 Å². The molecular weight excluding hydrogens is 238 g/mol. The van der Waals surface area contributed by atoms with Crippen LogP contribution in [0.25, 0.3) is 0 Å². The van der Waals surface area contributed by atoms with Gasteiger partial charge in [0.2, 0.25) is 11.8 Å². The number of carbonyl (C=O) groups excluding carboxylic acids is 2. The molecule has 0 N–H and O–H groups in total. The Balaban J connectivity index is 1.78. The van der Waals surface area contributed by atoms with Crippen molar-refractivity contribution in [3.05, 3.63) is 29.8 Å². The number of rotatable bonds is 1. The van der Waals surface area contributed by atoms with E-state index < -0.39 is 0 Å². The molecule has 2 saturated carbocycles. The summed E-state index contributed by atoms with van der Waals surface area (Å²) in [6, 6.07) is 7.67. The average Bonchev–Trinajstić information content (AvgIpc) is 3.06. The Kier molecular flexibility index (Phi) is 2.17. The van der Waals surface area contributed by atoms with Crippen molar-refractivity contribution in [2.24, 2.45) is 23.7 Å². The Labute approximate surface area is 112 Å². The van der Waals surface area contributed by atoms with E-state index in [0.717, 1.165) is 30.5 Å². The molecule has 0 unspecified atom stereocenters. The summed E-state index contributed by atoms with van der Waals surface area (Å²) in [6.45, 7) is 1.96. The van der Waals surface area contributed by atoms with Gasteiger partial charge in [0.15, 0.2) is 0 Å². The average molecular weight is 255 g/mol. The van der Waals surface area contributed by atoms with Crippen LogP contribution in [0.2, 0.25) is 0 Å². The largest absolute Gasteiger partial charge is 0.274 e. The lowest BCUT2D eigenvalue weighted by Crippen LogP contribution is -2.33. The van der Waals surface area contributed by atoms with Crippen LogP contribution in [-0.2, 0) is 9.59 Å². The fraction of sp³-hybridized carbons (Fsp3) is 0.500. The van der Waals surface area contributed by atoms with Crippen molar-refractivity contribution < 1.29 is 9.59 Å². The van der Waals surface area contributed by atoms with E-state index in [4.69, 9.17) is 0 Å². The number of aryl methyl sites for hydroxylation is 1. The molecule has 1 aromatic carbocycles. The molecule has 2 amide bonds. The number of anilines is 1. The molecule has 1 aromatic rings. The summed E-state index contributed by atoms with van der Waals surface area (Å²) in [5.74, 6) is 0.977. The minimum Gasteiger partial charge on any atom is -0.274 e. The third-order valence-corrected chi connectivity index (χ3v) is 5.28. The Morgan fingerprint density at radius 1 is 1.00 bits per heavy atom. The zero-order valence-electron chi connectivity index (χ0n) is 11.0. The first kappa shape index (κ1) is 11.2. The Hall–Kier alpha value is -1.64. The molecule has 2 bridgehead atoms. The van der Waals surface area contributed by atoms with Gasteiger partial charge < -0.3 is 0 Å². The van der Waals surface area contributed by atoms with Crippen LogP contribution in [0.15, 0.2) is 24.3 Å². The maximum absolute atomic E-state index is 12.6. The maximum atomic E-state index is 12.6. The smallest absolute Gasteiger partial charge is 0.237 e. The van der Waals surface area contributed by atoms with E-state index in [1.807, 2.05) is 31.2 Å². The first-order valence-corrected chi connectivity index (χ1v) is 7.12. The molecule has 98 valence electrons. The normalized spacial score (nSPS) is 36.2. The number of benzene rings is 1. The number of hydrogen-bond donors (Lipinski definition) is 0. The van der Waals surface area contributed by atoms with Gasteiger partial charge in [0.1, 0.15) is 0 Å². The topological polar surface area (TPSA) is 37.4 Å². The number of carbonyl (C=O) groups is 2. The molecule has 3 aliphatic rings. The first-order chi connectivity index (χ1) is 9.18. The highest BCUT2D eigenvalue weighted by atomic mass is 16.2. The van der Waals surface area contributed by atoms with Crippen molar-refractivity contribution >= 4 is 17.5 Å². The van der Waals surface area contributed by atoms with Crippen molar-refractivity contribution in [1.82, 2.24) is 0 Å². The fourth-order valence-corrected chi connectivity index (χ4v) is 4.46. The van der Waals surface area contributed by atoms with Gasteiger partial charge in [0, 0.05) is 0 Å². The molecule has 1 aliphatic heterocycles. The molecular formula is C16H17NO2. The van der Waals surface area contributed by atoms with Crippen molar-refractivity contribution in [1.29, 1.82) is 0 Å². The van der Waals surface area contributed by atoms with Gasteiger partial charge in [-0.2, -0.15) is 0 Å². The van der Waals surface area contributed by atoms with E-state index in [2.05, 4.69) is 0 Å². The molecule has 3 nitrogen and oxygen atoms in total. The van der Waals surface area contributed by atoms with Crippen molar-refractivity contribution in [2.75, 3.05) is 4.90 Å². The predicted octanol–water partition coefficient (Wildman–Crippen LogP) is 2.53. The highest BCUT2D eigenvalue weighted by Gasteiger charge is 2.61. The summed E-state index contributed by atoms with van der Waals surface area (Å²) in [5.41, 5.74) is 1.78. The fourth-order valence-electron chi connectivity index (χ4n) is 4.46. The summed E-state index contributed by atoms with van der Waals surface area (Å²) in [5, 5.41) is 0. The second-order valence-electron chi connectivity index (χ2n) is 6.18. The van der Waals surface area contributed by atoms with Gasteiger partial charge in [-0.1, -0.05) is 18.2 Å². The number of para-hydroxylation sites is 1. The third kappa shape index (κ3) is 1.33. The molecule has 19 heavy (non-hydrogen) atoms. The van der Waals surface area contributed by atoms with Crippen LogP contribution in [0.1, 0.15) is 24.8 Å². The summed E-state index contributed by atoms with van der Waals surface area (Å²) in [7, 11) is 0. The number of amides is 2. The van der Waals surface area contributed by atoms with Gasteiger partial charge in [-0.3, -0.25) is 9.59 Å². The summed E-state index contributed by atoms with van der Waals surface area (Å²) < 4.78 is 0. The standard InChI is InChI=1S/C16H17NO2/c1-9-4-2-3-5-12(9)17-15(18)13-10-6-7-11(8-10)14(13)16(17)19/h2-5,10-11,13-14H,6-8H2,1H3/t10-,11+,13-,14-/m0/s1. The molecule has 0 spiro atoms. The zero-order valence-corrected chi connectivity index (χ0v) is 11.0. The van der Waals surface area contributed by atoms with Crippen LogP contribution in [-0.4, -0.2) is 11.8 Å². The van der Waals surface area contributed by atoms with E-state index in [9.17, 15) is 9.59 Å². The number of nitrogens with zero attached hydrogens (tertiary/aromatic N) is 1. The molecule has 0 aromatic heterocycles. The van der Waals surface area contributed by atoms with Crippen molar-refractivity contribution in [3.8, 4) is 0 Å². The van der Waals surface area contributed by atoms with E-state index in [0.29, 0.717) is 11.8 Å². The second kappa shape index (κ2) is 3.69. The SMILES string of the molecule is Cc1ccccc1N1C(=O)[C@H]2[C@@H]3CC[C@@H](C3)[C@@H]2C1=O. The summed E-state index contributed by atoms with van der Waals surface area (Å²) in [4.78, 5) is 26.8. The molecule has 3 heteroatoms. The molecule has 4 rings (SSSR count). The zero-order chi connectivity index (χ0) is 13.1. The van der Waals surface area contributed by atoms with Gasteiger partial charge in [-0.05, 0) is 49.7 Å². The Morgan fingerprint density at radius 3 is 2.16 bits per heavy atom. The van der Waals surface area contributed by atoms with E-state index >= 15 is 0 Å². The highest BCUT2D eigenvalue weighted by molar-refractivity contribution is 6.22. The van der Waals surface area contributed by atoms with Gasteiger partial charge in [-0.25, -0.2) is 4.90 Å². The maximum Gasteiger partial charge on any atom is 0.237 e. The lowest BCUT2D eigenvalue weighted by Gasteiger charge is -2.19. The van der Waals surface area contributed by atoms with Gasteiger partial charge in [0.05, 0.1) is 17.5 Å². The second-order valence-corrected chi connectivity index (χ2v) is 6.18. The Bertz CT molecular complexity index is 552. The molecule has 4 atom stereocenters.